The van der Waals surface area contributed by atoms with Gasteiger partial charge in [-0.05, 0) is 18.2 Å². The van der Waals surface area contributed by atoms with Gasteiger partial charge in [0.1, 0.15) is 23.6 Å². The van der Waals surface area contributed by atoms with Gasteiger partial charge in [0.15, 0.2) is 0 Å². The number of hydrogen-bond donors (Lipinski definition) is 1. The lowest BCUT2D eigenvalue weighted by Crippen LogP contribution is -2.05. The van der Waals surface area contributed by atoms with Gasteiger partial charge in [0.2, 0.25) is 0 Å². The molecule has 2 rings (SSSR count). The molecule has 0 amide bonds. The molecule has 1 aromatic heterocycles. The summed E-state index contributed by atoms with van der Waals surface area (Å²) in [6, 6.07) is 5.17. The van der Waals surface area contributed by atoms with E-state index >= 15 is 0 Å². The minimum atomic E-state index is -1.35. The minimum absolute atomic E-state index is 0.0944. The Hall–Kier alpha value is -1.88. The maximum atomic E-state index is 13.4. The van der Waals surface area contributed by atoms with Crippen molar-refractivity contribution < 1.29 is 18.3 Å². The van der Waals surface area contributed by atoms with Crippen molar-refractivity contribution in [2.45, 2.75) is 6.10 Å². The summed E-state index contributed by atoms with van der Waals surface area (Å²) in [6.07, 6.45) is -0.434. The van der Waals surface area contributed by atoms with E-state index < -0.39 is 23.6 Å². The molecular weight excluding hydrogens is 231 g/mol. The molecule has 1 atom stereocenters. The summed E-state index contributed by atoms with van der Waals surface area (Å²) in [6.45, 7) is 0. The molecule has 0 radical (unpaired) electrons. The van der Waals surface area contributed by atoms with Gasteiger partial charge in [-0.15, -0.1) is 0 Å². The first-order chi connectivity index (χ1) is 8.08. The summed E-state index contributed by atoms with van der Waals surface area (Å²) in [5.74, 6) is -2.16. The predicted octanol–water partition coefficient (Wildman–Crippen LogP) is 2.58. The third kappa shape index (κ3) is 2.45. The third-order valence-corrected chi connectivity index (χ3v) is 2.29. The molecule has 0 saturated carbocycles. The molecule has 1 unspecified atom stereocenters. The van der Waals surface area contributed by atoms with Crippen molar-refractivity contribution in [3.63, 3.8) is 0 Å². The standard InChI is InChI=1S/C12H8F3NO/c13-7-1-3-9(10(15)5-7)12(17)11-4-2-8(14)6-16-11/h1-6,12,17H. The zero-order valence-electron chi connectivity index (χ0n) is 8.57. The highest BCUT2D eigenvalue weighted by atomic mass is 19.1. The van der Waals surface area contributed by atoms with E-state index in [1.165, 1.54) is 6.07 Å². The average Bonchev–Trinajstić information content (AvgIpc) is 2.29. The van der Waals surface area contributed by atoms with Gasteiger partial charge in [0.25, 0.3) is 0 Å². The Kier molecular flexibility index (Phi) is 3.10. The van der Waals surface area contributed by atoms with Gasteiger partial charge in [-0.25, -0.2) is 13.2 Å². The van der Waals surface area contributed by atoms with E-state index in [1.807, 2.05) is 0 Å². The lowest BCUT2D eigenvalue weighted by Gasteiger charge is -2.11. The number of aliphatic hydroxyl groups excluding tert-OH is 1. The minimum Gasteiger partial charge on any atom is -0.382 e. The molecule has 0 bridgehead atoms. The van der Waals surface area contributed by atoms with Crippen LogP contribution < -0.4 is 0 Å². The Labute approximate surface area is 95.4 Å². The number of halogens is 3. The van der Waals surface area contributed by atoms with Gasteiger partial charge in [-0.3, -0.25) is 4.98 Å². The molecule has 2 aromatic rings. The highest BCUT2D eigenvalue weighted by Crippen LogP contribution is 2.23. The van der Waals surface area contributed by atoms with Crippen molar-refractivity contribution in [2.75, 3.05) is 0 Å². The van der Waals surface area contributed by atoms with Crippen molar-refractivity contribution in [3.05, 3.63) is 65.2 Å². The zero-order valence-corrected chi connectivity index (χ0v) is 8.57. The van der Waals surface area contributed by atoms with Crippen LogP contribution in [0, 0.1) is 17.5 Å². The van der Waals surface area contributed by atoms with E-state index in [2.05, 4.69) is 4.98 Å². The van der Waals surface area contributed by atoms with Crippen LogP contribution in [0.15, 0.2) is 36.5 Å². The summed E-state index contributed by atoms with van der Waals surface area (Å²) in [7, 11) is 0. The number of hydrogen-bond acceptors (Lipinski definition) is 2. The number of aromatic nitrogens is 1. The van der Waals surface area contributed by atoms with Crippen LogP contribution in [-0.2, 0) is 0 Å². The number of nitrogens with zero attached hydrogens (tertiary/aromatic N) is 1. The lowest BCUT2D eigenvalue weighted by atomic mass is 10.1. The maximum Gasteiger partial charge on any atom is 0.141 e. The van der Waals surface area contributed by atoms with E-state index in [1.54, 1.807) is 0 Å². The summed E-state index contributed by atoms with van der Waals surface area (Å²) >= 11 is 0. The Morgan fingerprint density at radius 3 is 2.29 bits per heavy atom. The molecule has 0 aliphatic carbocycles. The van der Waals surface area contributed by atoms with Crippen LogP contribution in [0.5, 0.6) is 0 Å². The second-order valence-corrected chi connectivity index (χ2v) is 3.47. The monoisotopic (exact) mass is 239 g/mol. The highest BCUT2D eigenvalue weighted by Gasteiger charge is 2.16. The van der Waals surface area contributed by atoms with Crippen molar-refractivity contribution in [1.29, 1.82) is 0 Å². The van der Waals surface area contributed by atoms with Gasteiger partial charge < -0.3 is 5.11 Å². The number of benzene rings is 1. The second kappa shape index (κ2) is 4.55. The summed E-state index contributed by atoms with van der Waals surface area (Å²) in [4.78, 5) is 3.63. The predicted molar refractivity (Wildman–Crippen MR) is 54.6 cm³/mol. The Morgan fingerprint density at radius 1 is 1.00 bits per heavy atom. The summed E-state index contributed by atoms with van der Waals surface area (Å²) < 4.78 is 38.7. The first-order valence-electron chi connectivity index (χ1n) is 4.82. The Morgan fingerprint density at radius 2 is 1.71 bits per heavy atom. The van der Waals surface area contributed by atoms with Crippen LogP contribution in [0.2, 0.25) is 0 Å². The van der Waals surface area contributed by atoms with Gasteiger partial charge in [0.05, 0.1) is 11.9 Å². The number of rotatable bonds is 2. The molecule has 0 spiro atoms. The summed E-state index contributed by atoms with van der Waals surface area (Å²) in [5, 5.41) is 9.81. The molecule has 0 saturated heterocycles. The Bertz CT molecular complexity index is 528. The van der Waals surface area contributed by atoms with Crippen LogP contribution in [0.3, 0.4) is 0 Å². The van der Waals surface area contributed by atoms with E-state index in [0.717, 1.165) is 24.4 Å². The molecule has 2 nitrogen and oxygen atoms in total. The first-order valence-corrected chi connectivity index (χ1v) is 4.82. The average molecular weight is 239 g/mol. The largest absolute Gasteiger partial charge is 0.382 e. The van der Waals surface area contributed by atoms with Crippen LogP contribution in [0.25, 0.3) is 0 Å². The molecule has 0 fully saturated rings. The topological polar surface area (TPSA) is 33.1 Å². The quantitative estimate of drug-likeness (QED) is 0.873. The van der Waals surface area contributed by atoms with E-state index in [-0.39, 0.29) is 11.3 Å². The van der Waals surface area contributed by atoms with Gasteiger partial charge >= 0.3 is 0 Å². The maximum absolute atomic E-state index is 13.4. The molecule has 5 heteroatoms. The molecule has 88 valence electrons. The third-order valence-electron chi connectivity index (χ3n) is 2.29. The van der Waals surface area contributed by atoms with Crippen LogP contribution in [-0.4, -0.2) is 10.1 Å². The van der Waals surface area contributed by atoms with E-state index in [9.17, 15) is 18.3 Å². The fourth-order valence-electron chi connectivity index (χ4n) is 1.43. The van der Waals surface area contributed by atoms with E-state index in [4.69, 9.17) is 0 Å². The normalized spacial score (nSPS) is 12.5. The smallest absolute Gasteiger partial charge is 0.141 e. The van der Waals surface area contributed by atoms with Crippen molar-refractivity contribution in [2.24, 2.45) is 0 Å². The fraction of sp³-hybridized carbons (Fsp3) is 0.0833. The lowest BCUT2D eigenvalue weighted by molar-refractivity contribution is 0.209. The number of aliphatic hydroxyl groups is 1. The first kappa shape index (κ1) is 11.6. The van der Waals surface area contributed by atoms with Gasteiger partial charge in [-0.2, -0.15) is 0 Å². The van der Waals surface area contributed by atoms with Crippen molar-refractivity contribution >= 4 is 0 Å². The van der Waals surface area contributed by atoms with Crippen LogP contribution in [0.4, 0.5) is 13.2 Å². The molecule has 1 aromatic carbocycles. The molecule has 17 heavy (non-hydrogen) atoms. The molecular formula is C12H8F3NO. The molecule has 0 aliphatic heterocycles. The zero-order chi connectivity index (χ0) is 12.4. The van der Waals surface area contributed by atoms with Gasteiger partial charge in [-0.1, -0.05) is 6.07 Å². The molecule has 1 N–H and O–H groups in total. The van der Waals surface area contributed by atoms with E-state index in [0.29, 0.717) is 6.07 Å². The van der Waals surface area contributed by atoms with Crippen LogP contribution in [0.1, 0.15) is 17.4 Å². The van der Waals surface area contributed by atoms with Crippen LogP contribution >= 0.6 is 0 Å². The fourth-order valence-corrected chi connectivity index (χ4v) is 1.43. The molecule has 1 heterocycles. The van der Waals surface area contributed by atoms with Gasteiger partial charge in [0, 0.05) is 11.6 Å². The highest BCUT2D eigenvalue weighted by molar-refractivity contribution is 5.27. The SMILES string of the molecule is OC(c1ccc(F)cn1)c1ccc(F)cc1F. The second-order valence-electron chi connectivity index (χ2n) is 3.47. The Balaban J connectivity index is 2.36. The molecule has 0 aliphatic rings. The number of pyridine rings is 1. The summed E-state index contributed by atoms with van der Waals surface area (Å²) in [5.41, 5.74) is -0.0117. The van der Waals surface area contributed by atoms with Crippen molar-refractivity contribution in [3.8, 4) is 0 Å². The van der Waals surface area contributed by atoms with Crippen molar-refractivity contribution in [1.82, 2.24) is 4.98 Å².